The van der Waals surface area contributed by atoms with Crippen LogP contribution < -0.4 is 4.90 Å². The van der Waals surface area contributed by atoms with Crippen LogP contribution in [-0.4, -0.2) is 67.5 Å². The second-order valence-corrected chi connectivity index (χ2v) is 6.66. The fourth-order valence-electron chi connectivity index (χ4n) is 3.67. The number of hydrogen-bond acceptors (Lipinski definition) is 5. The number of rotatable bonds is 6. The molecule has 136 valence electrons. The maximum absolute atomic E-state index is 8.77. The Kier molecular flexibility index (Phi) is 5.29. The van der Waals surface area contributed by atoms with E-state index in [0.29, 0.717) is 13.2 Å². The minimum absolute atomic E-state index is 0.0918. The van der Waals surface area contributed by atoms with Gasteiger partial charge in [0, 0.05) is 43.5 Å². The summed E-state index contributed by atoms with van der Waals surface area (Å²) in [4.78, 5) is 9.81. The van der Waals surface area contributed by atoms with Gasteiger partial charge in [-0.3, -0.25) is 4.90 Å². The van der Waals surface area contributed by atoms with E-state index in [2.05, 4.69) is 58.3 Å². The van der Waals surface area contributed by atoms with Crippen LogP contribution >= 0.6 is 0 Å². The van der Waals surface area contributed by atoms with Crippen molar-refractivity contribution in [1.29, 1.82) is 0 Å². The van der Waals surface area contributed by atoms with Crippen LogP contribution in [0.25, 0.3) is 21.7 Å². The molecule has 0 unspecified atom stereocenters. The van der Waals surface area contributed by atoms with Crippen LogP contribution in [0.3, 0.4) is 0 Å². The number of hydrogen-bond donors (Lipinski definition) is 1. The van der Waals surface area contributed by atoms with Gasteiger partial charge in [0.25, 0.3) is 0 Å². The number of aliphatic hydroxyl groups excluding tert-OH is 1. The zero-order valence-electron chi connectivity index (χ0n) is 15.0. The lowest BCUT2D eigenvalue weighted by molar-refractivity contribution is 0.0724. The highest BCUT2D eigenvalue weighted by molar-refractivity contribution is 6.10. The van der Waals surface area contributed by atoms with Crippen LogP contribution in [0.5, 0.6) is 0 Å². The summed E-state index contributed by atoms with van der Waals surface area (Å²) >= 11 is 0. The molecule has 4 rings (SSSR count). The van der Waals surface area contributed by atoms with Crippen molar-refractivity contribution in [3.8, 4) is 0 Å². The number of pyridine rings is 1. The van der Waals surface area contributed by atoms with Crippen LogP contribution in [0.2, 0.25) is 0 Å². The second kappa shape index (κ2) is 7.99. The number of nitrogens with zero attached hydrogens (tertiary/aromatic N) is 3. The first-order chi connectivity index (χ1) is 12.9. The molecular formula is C21H25N3O2. The van der Waals surface area contributed by atoms with Gasteiger partial charge in [-0.25, -0.2) is 4.98 Å². The number of para-hydroxylation sites is 1. The molecule has 1 saturated heterocycles. The van der Waals surface area contributed by atoms with Gasteiger partial charge in [0.05, 0.1) is 25.3 Å². The molecule has 5 nitrogen and oxygen atoms in total. The monoisotopic (exact) mass is 351 g/mol. The number of fused-ring (bicyclic) bond motifs is 3. The van der Waals surface area contributed by atoms with Crippen LogP contribution in [0.15, 0.2) is 48.5 Å². The lowest BCUT2D eigenvalue weighted by atomic mass is 10.1. The molecule has 3 aromatic rings. The van der Waals surface area contributed by atoms with Gasteiger partial charge in [-0.2, -0.15) is 0 Å². The van der Waals surface area contributed by atoms with Gasteiger partial charge in [0.1, 0.15) is 5.82 Å². The van der Waals surface area contributed by atoms with Crippen molar-refractivity contribution in [1.82, 2.24) is 9.88 Å². The van der Waals surface area contributed by atoms with Gasteiger partial charge < -0.3 is 14.7 Å². The minimum Gasteiger partial charge on any atom is -0.394 e. The van der Waals surface area contributed by atoms with Gasteiger partial charge in [-0.1, -0.05) is 42.5 Å². The van der Waals surface area contributed by atoms with E-state index in [-0.39, 0.29) is 6.61 Å². The summed E-state index contributed by atoms with van der Waals surface area (Å²) in [5.41, 5.74) is 1.06. The first-order valence-electron chi connectivity index (χ1n) is 9.30. The summed E-state index contributed by atoms with van der Waals surface area (Å²) in [6, 6.07) is 16.9. The maximum atomic E-state index is 8.77. The number of aromatic nitrogens is 1. The molecule has 26 heavy (non-hydrogen) atoms. The predicted octanol–water partition coefficient (Wildman–Crippen LogP) is 2.52. The zero-order chi connectivity index (χ0) is 17.8. The van der Waals surface area contributed by atoms with E-state index >= 15 is 0 Å². The van der Waals surface area contributed by atoms with E-state index in [4.69, 9.17) is 14.8 Å². The molecule has 1 fully saturated rings. The number of benzene rings is 2. The van der Waals surface area contributed by atoms with Crippen molar-refractivity contribution in [2.45, 2.75) is 0 Å². The summed E-state index contributed by atoms with van der Waals surface area (Å²) in [7, 11) is 0. The molecule has 1 aliphatic rings. The van der Waals surface area contributed by atoms with Crippen molar-refractivity contribution in [3.63, 3.8) is 0 Å². The maximum Gasteiger partial charge on any atom is 0.137 e. The number of piperazine rings is 1. The Labute approximate surface area is 153 Å². The van der Waals surface area contributed by atoms with Crippen molar-refractivity contribution in [2.75, 3.05) is 57.4 Å². The average Bonchev–Trinajstić information content (AvgIpc) is 2.71. The topological polar surface area (TPSA) is 48.8 Å². The van der Waals surface area contributed by atoms with Gasteiger partial charge in [0.15, 0.2) is 0 Å². The normalized spacial score (nSPS) is 15.8. The Bertz CT molecular complexity index is 875. The Hall–Kier alpha value is -2.21. The van der Waals surface area contributed by atoms with E-state index in [0.717, 1.165) is 44.1 Å². The second-order valence-electron chi connectivity index (χ2n) is 6.66. The molecule has 1 aliphatic heterocycles. The van der Waals surface area contributed by atoms with Crippen LogP contribution in [0.1, 0.15) is 0 Å². The molecule has 0 atom stereocenters. The van der Waals surface area contributed by atoms with Crippen molar-refractivity contribution >= 4 is 27.5 Å². The molecule has 0 amide bonds. The fourth-order valence-corrected chi connectivity index (χ4v) is 3.67. The predicted molar refractivity (Wildman–Crippen MR) is 106 cm³/mol. The molecule has 1 aromatic heterocycles. The van der Waals surface area contributed by atoms with Crippen molar-refractivity contribution in [2.24, 2.45) is 0 Å². The van der Waals surface area contributed by atoms with E-state index in [1.807, 2.05) is 0 Å². The molecule has 0 bridgehead atoms. The van der Waals surface area contributed by atoms with Gasteiger partial charge in [-0.15, -0.1) is 0 Å². The minimum atomic E-state index is 0.0918. The summed E-state index contributed by atoms with van der Waals surface area (Å²) in [5.74, 6) is 1.09. The molecule has 5 heteroatoms. The summed E-state index contributed by atoms with van der Waals surface area (Å²) in [6.45, 7) is 6.06. The first-order valence-corrected chi connectivity index (χ1v) is 9.30. The highest BCUT2D eigenvalue weighted by Crippen LogP contribution is 2.31. The van der Waals surface area contributed by atoms with Crippen LogP contribution in [-0.2, 0) is 4.74 Å². The quantitative estimate of drug-likeness (QED) is 0.546. The Morgan fingerprint density at radius 3 is 2.31 bits per heavy atom. The molecule has 0 aliphatic carbocycles. The number of aliphatic hydroxyl groups is 1. The Morgan fingerprint density at radius 1 is 0.846 bits per heavy atom. The molecule has 0 saturated carbocycles. The number of ether oxygens (including phenoxy) is 1. The fraction of sp³-hybridized carbons (Fsp3) is 0.381. The third-order valence-electron chi connectivity index (χ3n) is 5.05. The Balaban J connectivity index is 1.54. The molecule has 2 heterocycles. The molecular weight excluding hydrogens is 326 g/mol. The van der Waals surface area contributed by atoms with Gasteiger partial charge in [-0.05, 0) is 11.5 Å². The van der Waals surface area contributed by atoms with Crippen molar-refractivity contribution in [3.05, 3.63) is 48.5 Å². The smallest absolute Gasteiger partial charge is 0.137 e. The largest absolute Gasteiger partial charge is 0.394 e. The van der Waals surface area contributed by atoms with E-state index in [9.17, 15) is 0 Å². The third kappa shape index (κ3) is 3.51. The lowest BCUT2D eigenvalue weighted by Crippen LogP contribution is -2.47. The van der Waals surface area contributed by atoms with Crippen molar-refractivity contribution < 1.29 is 9.84 Å². The van der Waals surface area contributed by atoms with Gasteiger partial charge in [0.2, 0.25) is 0 Å². The SMILES string of the molecule is OCCOCCN1CCN(c2nc3ccccc3c3ccccc23)CC1. The molecule has 2 aromatic carbocycles. The third-order valence-corrected chi connectivity index (χ3v) is 5.05. The molecule has 0 spiro atoms. The first kappa shape index (κ1) is 17.2. The van der Waals surface area contributed by atoms with Crippen LogP contribution in [0.4, 0.5) is 5.82 Å². The summed E-state index contributed by atoms with van der Waals surface area (Å²) in [6.07, 6.45) is 0. The highest BCUT2D eigenvalue weighted by Gasteiger charge is 2.20. The Morgan fingerprint density at radius 2 is 1.54 bits per heavy atom. The van der Waals surface area contributed by atoms with Gasteiger partial charge >= 0.3 is 0 Å². The lowest BCUT2D eigenvalue weighted by Gasteiger charge is -2.36. The molecule has 1 N–H and O–H groups in total. The highest BCUT2D eigenvalue weighted by atomic mass is 16.5. The number of anilines is 1. The van der Waals surface area contributed by atoms with E-state index < -0.39 is 0 Å². The standard InChI is InChI=1S/C21H25N3O2/c25-14-16-26-15-13-23-9-11-24(12-10-23)21-19-7-2-1-5-17(19)18-6-3-4-8-20(18)22-21/h1-8,25H,9-16H2. The van der Waals surface area contributed by atoms with E-state index in [1.165, 1.54) is 16.2 Å². The summed E-state index contributed by atoms with van der Waals surface area (Å²) in [5, 5.41) is 12.5. The average molecular weight is 351 g/mol. The van der Waals surface area contributed by atoms with E-state index in [1.54, 1.807) is 0 Å². The molecule has 0 radical (unpaired) electrons. The van der Waals surface area contributed by atoms with Crippen LogP contribution in [0, 0.1) is 0 Å². The summed E-state index contributed by atoms with van der Waals surface area (Å²) < 4.78 is 5.39. The zero-order valence-corrected chi connectivity index (χ0v) is 15.0.